The molecular weight excluding hydrogens is 296 g/mol. The van der Waals surface area contributed by atoms with Gasteiger partial charge < -0.3 is 10.4 Å². The molecule has 1 amide bonds. The average Bonchev–Trinajstić information content (AvgIpc) is 2.45. The number of hydrogen-bond acceptors (Lipinski definition) is 4. The Bertz CT molecular complexity index is 610. The molecule has 3 N–H and O–H groups in total. The molecule has 0 spiro atoms. The zero-order chi connectivity index (χ0) is 16.0. The lowest BCUT2D eigenvalue weighted by Crippen LogP contribution is -2.38. The topological polar surface area (TPSA) is 113 Å². The van der Waals surface area contributed by atoms with E-state index < -0.39 is 22.0 Å². The Labute approximate surface area is 123 Å². The number of benzene rings is 1. The Hall–Kier alpha value is -1.93. The van der Waals surface area contributed by atoms with E-state index in [2.05, 4.69) is 10.0 Å². The van der Waals surface area contributed by atoms with Crippen molar-refractivity contribution < 1.29 is 23.1 Å². The maximum absolute atomic E-state index is 11.5. The highest BCUT2D eigenvalue weighted by Crippen LogP contribution is 2.11. The first-order valence-electron chi connectivity index (χ1n) is 6.31. The molecule has 0 heterocycles. The normalized spacial score (nSPS) is 12.7. The summed E-state index contributed by atoms with van der Waals surface area (Å²) in [6.45, 7) is 1.39. The molecule has 0 aliphatic rings. The quantitative estimate of drug-likeness (QED) is 0.661. The number of sulfonamides is 1. The standard InChI is InChI=1S/C13H18N2O5S/c1-9(13(17)18)15-12(16)8-5-10-3-6-11(7-4-10)21(19,20)14-2/h3-4,6-7,9,14H,5,8H2,1-2H3,(H,15,16)(H,17,18)/t9-/m0/s1. The molecule has 0 radical (unpaired) electrons. The van der Waals surface area contributed by atoms with E-state index in [9.17, 15) is 18.0 Å². The van der Waals surface area contributed by atoms with E-state index in [0.29, 0.717) is 6.42 Å². The Morgan fingerprint density at radius 3 is 2.29 bits per heavy atom. The molecule has 0 saturated heterocycles. The number of carboxylic acid groups (broad SMARTS) is 1. The number of aliphatic carboxylic acids is 1. The third-order valence-corrected chi connectivity index (χ3v) is 4.32. The molecule has 1 atom stereocenters. The van der Waals surface area contributed by atoms with Crippen LogP contribution in [0.4, 0.5) is 0 Å². The largest absolute Gasteiger partial charge is 0.480 e. The van der Waals surface area contributed by atoms with Crippen LogP contribution < -0.4 is 10.0 Å². The number of rotatable bonds is 7. The van der Waals surface area contributed by atoms with Gasteiger partial charge in [-0.05, 0) is 38.1 Å². The van der Waals surface area contributed by atoms with Crippen molar-refractivity contribution in [2.24, 2.45) is 0 Å². The SMILES string of the molecule is CNS(=O)(=O)c1ccc(CCC(=O)N[C@@H](C)C(=O)O)cc1. The lowest BCUT2D eigenvalue weighted by molar-refractivity contribution is -0.141. The van der Waals surface area contributed by atoms with Gasteiger partial charge in [-0.1, -0.05) is 12.1 Å². The van der Waals surface area contributed by atoms with Gasteiger partial charge in [0, 0.05) is 6.42 Å². The smallest absolute Gasteiger partial charge is 0.325 e. The molecule has 1 aromatic carbocycles. The van der Waals surface area contributed by atoms with Gasteiger partial charge in [0.05, 0.1) is 4.90 Å². The van der Waals surface area contributed by atoms with E-state index >= 15 is 0 Å². The average molecular weight is 314 g/mol. The first-order chi connectivity index (χ1) is 9.76. The van der Waals surface area contributed by atoms with Crippen molar-refractivity contribution in [3.8, 4) is 0 Å². The van der Waals surface area contributed by atoms with Crippen molar-refractivity contribution >= 4 is 21.9 Å². The number of hydrogen-bond donors (Lipinski definition) is 3. The number of aryl methyl sites for hydroxylation is 1. The van der Waals surface area contributed by atoms with Crippen molar-refractivity contribution in [2.45, 2.75) is 30.7 Å². The number of amides is 1. The number of nitrogens with one attached hydrogen (secondary N) is 2. The zero-order valence-corrected chi connectivity index (χ0v) is 12.6. The second-order valence-electron chi connectivity index (χ2n) is 4.48. The van der Waals surface area contributed by atoms with Gasteiger partial charge in [-0.3, -0.25) is 9.59 Å². The van der Waals surface area contributed by atoms with Crippen LogP contribution in [0.25, 0.3) is 0 Å². The summed E-state index contributed by atoms with van der Waals surface area (Å²) in [6, 6.07) is 5.23. The minimum atomic E-state index is -3.47. The van der Waals surface area contributed by atoms with Crippen LogP contribution in [-0.2, 0) is 26.0 Å². The minimum Gasteiger partial charge on any atom is -0.480 e. The Morgan fingerprint density at radius 2 is 1.81 bits per heavy atom. The summed E-state index contributed by atoms with van der Waals surface area (Å²) in [6.07, 6.45) is 0.536. The molecule has 8 heteroatoms. The number of carbonyl (C=O) groups excluding carboxylic acids is 1. The third-order valence-electron chi connectivity index (χ3n) is 2.89. The second kappa shape index (κ2) is 7.19. The Balaban J connectivity index is 2.58. The molecular formula is C13H18N2O5S. The van der Waals surface area contributed by atoms with Crippen molar-refractivity contribution in [3.63, 3.8) is 0 Å². The minimum absolute atomic E-state index is 0.135. The summed E-state index contributed by atoms with van der Waals surface area (Å²) in [5.41, 5.74) is 0.795. The Morgan fingerprint density at radius 1 is 1.24 bits per heavy atom. The summed E-state index contributed by atoms with van der Waals surface area (Å²) in [5, 5.41) is 11.0. The Kier molecular flexibility index (Phi) is 5.86. The molecule has 0 aliphatic carbocycles. The van der Waals surface area contributed by atoms with E-state index in [4.69, 9.17) is 5.11 Å². The lowest BCUT2D eigenvalue weighted by Gasteiger charge is -2.09. The summed E-state index contributed by atoms with van der Waals surface area (Å²) in [5.74, 6) is -1.46. The zero-order valence-electron chi connectivity index (χ0n) is 11.8. The predicted octanol–water partition coefficient (Wildman–Crippen LogP) is 0.117. The molecule has 0 saturated carbocycles. The van der Waals surface area contributed by atoms with Crippen LogP contribution in [-0.4, -0.2) is 38.5 Å². The molecule has 1 aromatic rings. The highest BCUT2D eigenvalue weighted by atomic mass is 32.2. The first-order valence-corrected chi connectivity index (χ1v) is 7.79. The van der Waals surface area contributed by atoms with Gasteiger partial charge in [-0.25, -0.2) is 13.1 Å². The van der Waals surface area contributed by atoms with E-state index in [-0.39, 0.29) is 17.2 Å². The number of carboxylic acids is 1. The second-order valence-corrected chi connectivity index (χ2v) is 6.37. The van der Waals surface area contributed by atoms with Crippen LogP contribution >= 0.6 is 0 Å². The fraction of sp³-hybridized carbons (Fsp3) is 0.385. The molecule has 0 aromatic heterocycles. The molecule has 116 valence electrons. The van der Waals surface area contributed by atoms with Crippen LogP contribution in [0.3, 0.4) is 0 Å². The summed E-state index contributed by atoms with van der Waals surface area (Å²) < 4.78 is 25.3. The number of carbonyl (C=O) groups is 2. The van der Waals surface area contributed by atoms with Crippen LogP contribution in [0.5, 0.6) is 0 Å². The summed E-state index contributed by atoms with van der Waals surface area (Å²) in [4.78, 5) is 22.3. The summed E-state index contributed by atoms with van der Waals surface area (Å²) >= 11 is 0. The van der Waals surface area contributed by atoms with Gasteiger partial charge in [0.25, 0.3) is 0 Å². The van der Waals surface area contributed by atoms with Gasteiger partial charge in [0.15, 0.2) is 0 Å². The van der Waals surface area contributed by atoms with Gasteiger partial charge in [0.1, 0.15) is 6.04 Å². The molecule has 0 bridgehead atoms. The van der Waals surface area contributed by atoms with Crippen LogP contribution in [0.2, 0.25) is 0 Å². The van der Waals surface area contributed by atoms with Crippen molar-refractivity contribution in [2.75, 3.05) is 7.05 Å². The van der Waals surface area contributed by atoms with Crippen LogP contribution in [0.15, 0.2) is 29.2 Å². The van der Waals surface area contributed by atoms with Crippen LogP contribution in [0.1, 0.15) is 18.9 Å². The van der Waals surface area contributed by atoms with E-state index in [1.165, 1.54) is 26.1 Å². The summed E-state index contributed by atoms with van der Waals surface area (Å²) in [7, 11) is -2.14. The van der Waals surface area contributed by atoms with Crippen molar-refractivity contribution in [3.05, 3.63) is 29.8 Å². The maximum atomic E-state index is 11.5. The van der Waals surface area contributed by atoms with E-state index in [0.717, 1.165) is 5.56 Å². The highest BCUT2D eigenvalue weighted by Gasteiger charge is 2.14. The predicted molar refractivity (Wildman–Crippen MR) is 76.2 cm³/mol. The van der Waals surface area contributed by atoms with Gasteiger partial charge >= 0.3 is 5.97 Å². The van der Waals surface area contributed by atoms with Crippen molar-refractivity contribution in [1.29, 1.82) is 0 Å². The highest BCUT2D eigenvalue weighted by molar-refractivity contribution is 7.89. The molecule has 0 aliphatic heterocycles. The fourth-order valence-corrected chi connectivity index (χ4v) is 2.32. The van der Waals surface area contributed by atoms with Gasteiger partial charge in [-0.15, -0.1) is 0 Å². The van der Waals surface area contributed by atoms with Gasteiger partial charge in [0.2, 0.25) is 15.9 Å². The third kappa shape index (κ3) is 5.16. The van der Waals surface area contributed by atoms with E-state index in [1.807, 2.05) is 0 Å². The molecule has 0 unspecified atom stereocenters. The lowest BCUT2D eigenvalue weighted by atomic mass is 10.1. The molecule has 0 fully saturated rings. The van der Waals surface area contributed by atoms with Crippen LogP contribution in [0, 0.1) is 0 Å². The maximum Gasteiger partial charge on any atom is 0.325 e. The molecule has 21 heavy (non-hydrogen) atoms. The van der Waals surface area contributed by atoms with Crippen molar-refractivity contribution in [1.82, 2.24) is 10.0 Å². The van der Waals surface area contributed by atoms with Gasteiger partial charge in [-0.2, -0.15) is 0 Å². The molecule has 1 rings (SSSR count). The fourth-order valence-electron chi connectivity index (χ4n) is 1.59. The molecule has 7 nitrogen and oxygen atoms in total. The van der Waals surface area contributed by atoms with E-state index in [1.54, 1.807) is 12.1 Å². The monoisotopic (exact) mass is 314 g/mol. The first kappa shape index (κ1) is 17.1.